The largest absolute Gasteiger partial charge is 0.309 e. The van der Waals surface area contributed by atoms with Crippen molar-refractivity contribution in [2.45, 2.75) is 19.3 Å². The number of rotatable bonds is 8. The molecule has 0 saturated heterocycles. The maximum atomic E-state index is 5.77. The molecule has 0 fully saturated rings. The quantitative estimate of drug-likeness (QED) is 0.152. The van der Waals surface area contributed by atoms with Gasteiger partial charge in [-0.2, -0.15) is 0 Å². The zero-order valence-corrected chi connectivity index (χ0v) is 55.4. The first-order valence-corrected chi connectivity index (χ1v) is 34.9. The van der Waals surface area contributed by atoms with E-state index in [4.69, 9.17) is 9.97 Å². The lowest BCUT2D eigenvalue weighted by atomic mass is 9.81. The van der Waals surface area contributed by atoms with Gasteiger partial charge in [0, 0.05) is 93.5 Å². The Bertz CT molecular complexity index is 6970. The van der Waals surface area contributed by atoms with Crippen LogP contribution >= 0.6 is 0 Å². The van der Waals surface area contributed by atoms with Gasteiger partial charge in [0.1, 0.15) is 0 Å². The second kappa shape index (κ2) is 20.9. The van der Waals surface area contributed by atoms with Gasteiger partial charge in [0.2, 0.25) is 0 Å². The van der Waals surface area contributed by atoms with Gasteiger partial charge in [0.25, 0.3) is 0 Å². The Kier molecular flexibility index (Phi) is 11.6. The van der Waals surface area contributed by atoms with Crippen molar-refractivity contribution in [2.75, 3.05) is 0 Å². The number of hydrogen-bond acceptors (Lipinski definition) is 2. The summed E-state index contributed by atoms with van der Waals surface area (Å²) in [6, 6.07) is 121. The molecule has 0 unspecified atom stereocenters. The van der Waals surface area contributed by atoms with E-state index in [0.717, 1.165) is 67.4 Å². The first-order valence-electron chi connectivity index (χ1n) is 34.9. The number of hydrogen-bond donors (Lipinski definition) is 0. The van der Waals surface area contributed by atoms with Crippen LogP contribution in [0.25, 0.3) is 199 Å². The van der Waals surface area contributed by atoms with Crippen molar-refractivity contribution in [3.63, 3.8) is 0 Å². The number of nitrogens with zero attached hydrogens (tertiary/aromatic N) is 6. The van der Waals surface area contributed by atoms with Crippen molar-refractivity contribution in [1.29, 1.82) is 0 Å². The van der Waals surface area contributed by atoms with Crippen molar-refractivity contribution < 1.29 is 0 Å². The molecule has 6 heteroatoms. The topological polar surface area (TPSA) is 45.5 Å². The first-order chi connectivity index (χ1) is 49.8. The Morgan fingerprint density at radius 3 is 1.11 bits per heavy atom. The number of fused-ring (bicyclic) bond motifs is 18. The predicted molar refractivity (Wildman–Crippen MR) is 421 cm³/mol. The molecule has 0 bridgehead atoms. The van der Waals surface area contributed by atoms with E-state index in [0.29, 0.717) is 5.82 Å². The van der Waals surface area contributed by atoms with Gasteiger partial charge >= 0.3 is 0 Å². The molecule has 0 spiro atoms. The molecule has 2 aliphatic carbocycles. The molecular formula is C95H60N6. The van der Waals surface area contributed by atoms with Crippen LogP contribution in [0, 0.1) is 0 Å². The van der Waals surface area contributed by atoms with Crippen LogP contribution < -0.4 is 0 Å². The van der Waals surface area contributed by atoms with E-state index in [1.807, 2.05) is 0 Å². The third-order valence-corrected chi connectivity index (χ3v) is 22.3. The van der Waals surface area contributed by atoms with Gasteiger partial charge in [-0.1, -0.05) is 214 Å². The van der Waals surface area contributed by atoms with E-state index < -0.39 is 0 Å². The van der Waals surface area contributed by atoms with Crippen LogP contribution in [0.3, 0.4) is 0 Å². The summed E-state index contributed by atoms with van der Waals surface area (Å²) < 4.78 is 9.67. The second-order valence-electron chi connectivity index (χ2n) is 28.0. The summed E-state index contributed by atoms with van der Waals surface area (Å²) in [5, 5.41) is 12.3. The number of benzene rings is 15. The molecule has 20 aromatic rings. The third kappa shape index (κ3) is 8.04. The van der Waals surface area contributed by atoms with Gasteiger partial charge in [-0.05, 0) is 188 Å². The zero-order chi connectivity index (χ0) is 66.3. The van der Waals surface area contributed by atoms with Crippen LogP contribution in [0.4, 0.5) is 0 Å². The smallest absolute Gasteiger partial charge is 0.160 e. The van der Waals surface area contributed by atoms with Crippen molar-refractivity contribution in [1.82, 2.24) is 28.2 Å². The molecule has 2 aliphatic rings. The highest BCUT2D eigenvalue weighted by atomic mass is 15.0. The lowest BCUT2D eigenvalue weighted by Crippen LogP contribution is -2.15. The van der Waals surface area contributed by atoms with Crippen LogP contribution in [0.2, 0.25) is 0 Å². The minimum atomic E-state index is -0.346. The summed E-state index contributed by atoms with van der Waals surface area (Å²) in [4.78, 5) is 11.4. The maximum absolute atomic E-state index is 5.77. The summed E-state index contributed by atoms with van der Waals surface area (Å²) >= 11 is 0. The van der Waals surface area contributed by atoms with Gasteiger partial charge < -0.3 is 18.3 Å². The standard InChI is InChI=1S/C95H60N6/c1-95(2)80-55-63(38-44-68(80)69-45-43-67(56-81(69)95)101-85-37-16-12-31-73(85)79-54-61(42-49-89(79)101)59-40-47-87-77(52-59)71-29-10-14-35-83(71)99(87)65-25-7-4-8-26-65)94-96-92(91-74-32-18-20-57-21-19-33-75(90(57)74)93(91)97-94)62-22-17-27-66(50-62)100-84-36-15-11-30-72(84)78-53-60(41-48-88(78)100)58-39-46-86-76(51-58)70-28-9-13-34-82(70)98(86)64-23-5-3-6-24-64/h3-56H,1-2H3. The number of para-hydroxylation sites is 6. The van der Waals surface area contributed by atoms with E-state index in [-0.39, 0.29) is 5.41 Å². The molecule has 0 aliphatic heterocycles. The molecule has 6 nitrogen and oxygen atoms in total. The second-order valence-corrected chi connectivity index (χ2v) is 28.0. The SMILES string of the molecule is CC1(C)c2cc(-c3nc(-c4cccc(-n5c6ccccc6c6cc(-c7ccc8c(c7)c7ccccc7n8-c7ccccc7)ccc65)c4)c4c(n3)-c3cccc5cccc-4c35)ccc2-c2ccc(-n3c4ccccc4c4cc(-c5ccc6c(c5)c5ccccc5n6-c5ccccc5)ccc43)cc21. The highest BCUT2D eigenvalue weighted by Gasteiger charge is 2.37. The fourth-order valence-corrected chi connectivity index (χ4v) is 17.7. The minimum Gasteiger partial charge on any atom is -0.309 e. The average molecular weight is 1290 g/mol. The van der Waals surface area contributed by atoms with Gasteiger partial charge in [-0.25, -0.2) is 9.97 Å². The maximum Gasteiger partial charge on any atom is 0.160 e. The summed E-state index contributed by atoms with van der Waals surface area (Å²) in [5.41, 5.74) is 30.8. The minimum absolute atomic E-state index is 0.346. The van der Waals surface area contributed by atoms with E-state index in [2.05, 4.69) is 360 Å². The van der Waals surface area contributed by atoms with Crippen molar-refractivity contribution in [3.05, 3.63) is 339 Å². The highest BCUT2D eigenvalue weighted by molar-refractivity contribution is 6.18. The Balaban J connectivity index is 0.636. The Morgan fingerprint density at radius 1 is 0.238 bits per heavy atom. The first kappa shape index (κ1) is 55.9. The molecule has 22 rings (SSSR count). The molecule has 101 heavy (non-hydrogen) atoms. The molecule has 5 heterocycles. The fraction of sp³-hybridized carbons (Fsp3) is 0.0316. The fourth-order valence-electron chi connectivity index (χ4n) is 17.7. The molecular weight excluding hydrogens is 1230 g/mol. The van der Waals surface area contributed by atoms with Gasteiger partial charge in [0.05, 0.1) is 55.5 Å². The summed E-state index contributed by atoms with van der Waals surface area (Å²) in [7, 11) is 0. The molecule has 0 saturated carbocycles. The summed E-state index contributed by atoms with van der Waals surface area (Å²) in [6.07, 6.45) is 0. The van der Waals surface area contributed by atoms with Crippen LogP contribution in [0.5, 0.6) is 0 Å². The molecule has 0 atom stereocenters. The Hall–Kier alpha value is -13.2. The third-order valence-electron chi connectivity index (χ3n) is 22.3. The Morgan fingerprint density at radius 2 is 0.614 bits per heavy atom. The van der Waals surface area contributed by atoms with Crippen molar-refractivity contribution >= 4 is 98.0 Å². The van der Waals surface area contributed by atoms with Gasteiger partial charge in [-0.15, -0.1) is 0 Å². The van der Waals surface area contributed by atoms with Crippen molar-refractivity contribution in [3.8, 4) is 101 Å². The zero-order valence-electron chi connectivity index (χ0n) is 55.4. The summed E-state index contributed by atoms with van der Waals surface area (Å²) in [6.45, 7) is 4.77. The van der Waals surface area contributed by atoms with Gasteiger partial charge in [0.15, 0.2) is 5.82 Å². The normalized spacial score (nSPS) is 12.9. The van der Waals surface area contributed by atoms with Crippen LogP contribution in [-0.4, -0.2) is 28.2 Å². The lowest BCUT2D eigenvalue weighted by molar-refractivity contribution is 0.660. The van der Waals surface area contributed by atoms with Crippen molar-refractivity contribution in [2.24, 2.45) is 0 Å². The molecule has 5 aromatic heterocycles. The molecule has 0 radical (unpaired) electrons. The molecule has 0 N–H and O–H groups in total. The monoisotopic (exact) mass is 1280 g/mol. The molecule has 0 amide bonds. The number of aromatic nitrogens is 6. The van der Waals surface area contributed by atoms with Crippen LogP contribution in [0.15, 0.2) is 328 Å². The predicted octanol–water partition coefficient (Wildman–Crippen LogP) is 24.6. The highest BCUT2D eigenvalue weighted by Crippen LogP contribution is 2.54. The van der Waals surface area contributed by atoms with Crippen LogP contribution in [0.1, 0.15) is 25.0 Å². The lowest BCUT2D eigenvalue weighted by Gasteiger charge is -2.23. The van der Waals surface area contributed by atoms with Gasteiger partial charge in [-0.3, -0.25) is 0 Å². The van der Waals surface area contributed by atoms with E-state index in [1.54, 1.807) is 0 Å². The summed E-state index contributed by atoms with van der Waals surface area (Å²) in [5.74, 6) is 0.708. The van der Waals surface area contributed by atoms with E-state index in [1.165, 1.54) is 137 Å². The average Bonchev–Trinajstić information content (AvgIpc) is 1.58. The molecule has 470 valence electrons. The Labute approximate surface area is 581 Å². The van der Waals surface area contributed by atoms with E-state index >= 15 is 0 Å². The molecule has 15 aromatic carbocycles. The van der Waals surface area contributed by atoms with Crippen LogP contribution in [-0.2, 0) is 5.41 Å². The van der Waals surface area contributed by atoms with E-state index in [9.17, 15) is 0 Å².